The van der Waals surface area contributed by atoms with Crippen LogP contribution in [-0.2, 0) is 14.3 Å². The van der Waals surface area contributed by atoms with Crippen molar-refractivity contribution >= 4 is 23.5 Å². The van der Waals surface area contributed by atoms with Gasteiger partial charge < -0.3 is 20.1 Å². The number of ether oxygens (including phenoxy) is 1. The van der Waals surface area contributed by atoms with E-state index in [1.165, 1.54) is 36.3 Å². The number of carbonyl (C=O) groups is 3. The molecule has 24 heavy (non-hydrogen) atoms. The second kappa shape index (κ2) is 8.42. The quantitative estimate of drug-likeness (QED) is 0.571. The Morgan fingerprint density at radius 3 is 2.29 bits per heavy atom. The molecule has 1 aromatic rings. The zero-order valence-electron chi connectivity index (χ0n) is 13.5. The molecule has 1 fully saturated rings. The topological polar surface area (TPSA) is 99.2 Å². The fourth-order valence-corrected chi connectivity index (χ4v) is 2.45. The normalized spacial score (nSPS) is 15.0. The number of amides is 2. The van der Waals surface area contributed by atoms with Crippen molar-refractivity contribution in [2.24, 2.45) is 0 Å². The summed E-state index contributed by atoms with van der Waals surface area (Å²) < 4.78 is 4.59. The van der Waals surface area contributed by atoms with Gasteiger partial charge in [-0.1, -0.05) is 0 Å². The molecule has 8 heteroatoms. The number of benzene rings is 1. The summed E-state index contributed by atoms with van der Waals surface area (Å²) in [5.74, 6) is -1.77. The Kier molecular flexibility index (Phi) is 6.28. The summed E-state index contributed by atoms with van der Waals surface area (Å²) in [6.45, 7) is 2.82. The maximum atomic E-state index is 12.2. The highest BCUT2D eigenvalue weighted by molar-refractivity contribution is 6.39. The minimum Gasteiger partial charge on any atom is -0.465 e. The van der Waals surface area contributed by atoms with Gasteiger partial charge in [0.1, 0.15) is 0 Å². The molecular formula is C16H21N3O5. The summed E-state index contributed by atoms with van der Waals surface area (Å²) >= 11 is 0. The average Bonchev–Trinajstić information content (AvgIpc) is 2.62. The third-order valence-electron chi connectivity index (χ3n) is 3.83. The Bertz CT molecular complexity index is 594. The summed E-state index contributed by atoms with van der Waals surface area (Å²) in [7, 11) is 1.29. The van der Waals surface area contributed by atoms with Gasteiger partial charge >= 0.3 is 17.8 Å². The van der Waals surface area contributed by atoms with Crippen LogP contribution in [0.25, 0.3) is 0 Å². The number of aliphatic hydroxyl groups is 1. The standard InChI is InChI=1S/C16H21N3O5/c1-24-16(23)12-2-4-13(5-3-12)17-14(21)15(22)19-8-6-18(7-9-19)10-11-20/h2-5,20H,6-11H2,1H3,(H,17,21). The maximum absolute atomic E-state index is 12.2. The number of hydrogen-bond donors (Lipinski definition) is 2. The first-order valence-corrected chi connectivity index (χ1v) is 7.67. The number of nitrogens with one attached hydrogen (secondary N) is 1. The monoisotopic (exact) mass is 335 g/mol. The molecule has 2 amide bonds. The Balaban J connectivity index is 1.88. The van der Waals surface area contributed by atoms with Crippen molar-refractivity contribution < 1.29 is 24.2 Å². The zero-order chi connectivity index (χ0) is 17.5. The zero-order valence-corrected chi connectivity index (χ0v) is 13.5. The van der Waals surface area contributed by atoms with E-state index < -0.39 is 17.8 Å². The van der Waals surface area contributed by atoms with Crippen molar-refractivity contribution in [1.82, 2.24) is 9.80 Å². The molecular weight excluding hydrogens is 314 g/mol. The highest BCUT2D eigenvalue weighted by atomic mass is 16.5. The maximum Gasteiger partial charge on any atom is 0.337 e. The number of carbonyl (C=O) groups excluding carboxylic acids is 3. The van der Waals surface area contributed by atoms with Gasteiger partial charge in [0, 0.05) is 38.4 Å². The van der Waals surface area contributed by atoms with Gasteiger partial charge in [-0.05, 0) is 24.3 Å². The molecule has 1 aliphatic rings. The lowest BCUT2D eigenvalue weighted by molar-refractivity contribution is -0.144. The number of anilines is 1. The molecule has 0 saturated carbocycles. The first-order valence-electron chi connectivity index (χ1n) is 7.67. The molecule has 2 N–H and O–H groups in total. The van der Waals surface area contributed by atoms with E-state index in [1.807, 2.05) is 4.90 Å². The summed E-state index contributed by atoms with van der Waals surface area (Å²) in [5.41, 5.74) is 0.793. The van der Waals surface area contributed by atoms with Crippen LogP contribution >= 0.6 is 0 Å². The van der Waals surface area contributed by atoms with Crippen LogP contribution in [0.5, 0.6) is 0 Å². The van der Waals surface area contributed by atoms with E-state index in [-0.39, 0.29) is 6.61 Å². The molecule has 1 aliphatic heterocycles. The molecule has 1 heterocycles. The molecule has 8 nitrogen and oxygen atoms in total. The Morgan fingerprint density at radius 1 is 1.12 bits per heavy atom. The second-order valence-corrected chi connectivity index (χ2v) is 5.38. The van der Waals surface area contributed by atoms with Crippen LogP contribution in [0.3, 0.4) is 0 Å². The summed E-state index contributed by atoms with van der Waals surface area (Å²) in [6, 6.07) is 6.10. The number of piperazine rings is 1. The molecule has 130 valence electrons. The first kappa shape index (κ1) is 17.9. The van der Waals surface area contributed by atoms with Gasteiger partial charge in [-0.2, -0.15) is 0 Å². The summed E-state index contributed by atoms with van der Waals surface area (Å²) in [6.07, 6.45) is 0. The van der Waals surface area contributed by atoms with Crippen molar-refractivity contribution in [2.45, 2.75) is 0 Å². The molecule has 0 aliphatic carbocycles. The number of hydrogen-bond acceptors (Lipinski definition) is 6. The van der Waals surface area contributed by atoms with E-state index in [9.17, 15) is 14.4 Å². The summed E-state index contributed by atoms with van der Waals surface area (Å²) in [5, 5.41) is 11.4. The Hall–Kier alpha value is -2.45. The van der Waals surface area contributed by atoms with E-state index in [0.29, 0.717) is 44.0 Å². The molecule has 1 saturated heterocycles. The summed E-state index contributed by atoms with van der Waals surface area (Å²) in [4.78, 5) is 39.1. The van der Waals surface area contributed by atoms with E-state index in [2.05, 4.69) is 10.1 Å². The fraction of sp³-hybridized carbons (Fsp3) is 0.438. The number of β-amino-alcohol motifs (C(OH)–C–C–N with tert-alkyl or cyclic N) is 1. The van der Waals surface area contributed by atoms with Crippen molar-refractivity contribution in [3.63, 3.8) is 0 Å². The molecule has 2 rings (SSSR count). The predicted molar refractivity (Wildman–Crippen MR) is 86.5 cm³/mol. The number of methoxy groups -OCH3 is 1. The molecule has 0 radical (unpaired) electrons. The van der Waals surface area contributed by atoms with E-state index in [1.54, 1.807) is 0 Å². The molecule has 0 aromatic heterocycles. The second-order valence-electron chi connectivity index (χ2n) is 5.38. The lowest BCUT2D eigenvalue weighted by atomic mass is 10.2. The number of esters is 1. The molecule has 0 bridgehead atoms. The smallest absolute Gasteiger partial charge is 0.337 e. The van der Waals surface area contributed by atoms with Gasteiger partial charge in [-0.15, -0.1) is 0 Å². The minimum absolute atomic E-state index is 0.0794. The average molecular weight is 335 g/mol. The van der Waals surface area contributed by atoms with Gasteiger partial charge in [-0.25, -0.2) is 4.79 Å². The van der Waals surface area contributed by atoms with Gasteiger partial charge in [0.05, 0.1) is 19.3 Å². The highest BCUT2D eigenvalue weighted by Gasteiger charge is 2.25. The van der Waals surface area contributed by atoms with Crippen LogP contribution < -0.4 is 5.32 Å². The van der Waals surface area contributed by atoms with Crippen LogP contribution in [0.4, 0.5) is 5.69 Å². The minimum atomic E-state index is -0.712. The van der Waals surface area contributed by atoms with Crippen molar-refractivity contribution in [1.29, 1.82) is 0 Å². The number of nitrogens with zero attached hydrogens (tertiary/aromatic N) is 2. The third-order valence-corrected chi connectivity index (χ3v) is 3.83. The van der Waals surface area contributed by atoms with E-state index >= 15 is 0 Å². The van der Waals surface area contributed by atoms with Crippen molar-refractivity contribution in [2.75, 3.05) is 51.8 Å². The van der Waals surface area contributed by atoms with E-state index in [4.69, 9.17) is 5.11 Å². The lowest BCUT2D eigenvalue weighted by Crippen LogP contribution is -2.52. The van der Waals surface area contributed by atoms with Crippen LogP contribution in [0.2, 0.25) is 0 Å². The number of aliphatic hydroxyl groups excluding tert-OH is 1. The van der Waals surface area contributed by atoms with Gasteiger partial charge in [0.2, 0.25) is 0 Å². The van der Waals surface area contributed by atoms with Crippen molar-refractivity contribution in [3.05, 3.63) is 29.8 Å². The molecule has 0 spiro atoms. The van der Waals surface area contributed by atoms with Crippen LogP contribution in [0.1, 0.15) is 10.4 Å². The fourth-order valence-electron chi connectivity index (χ4n) is 2.45. The molecule has 1 aromatic carbocycles. The lowest BCUT2D eigenvalue weighted by Gasteiger charge is -2.33. The predicted octanol–water partition coefficient (Wildman–Crippen LogP) is -0.452. The Morgan fingerprint density at radius 2 is 1.75 bits per heavy atom. The van der Waals surface area contributed by atoms with Crippen LogP contribution in [-0.4, -0.2) is 79.1 Å². The molecule has 0 unspecified atom stereocenters. The largest absolute Gasteiger partial charge is 0.465 e. The van der Waals surface area contributed by atoms with Crippen LogP contribution in [0.15, 0.2) is 24.3 Å². The Labute approximate surface area is 140 Å². The number of rotatable bonds is 4. The SMILES string of the molecule is COC(=O)c1ccc(NC(=O)C(=O)N2CCN(CCO)CC2)cc1. The highest BCUT2D eigenvalue weighted by Crippen LogP contribution is 2.11. The third kappa shape index (κ3) is 4.53. The van der Waals surface area contributed by atoms with Crippen molar-refractivity contribution in [3.8, 4) is 0 Å². The molecule has 0 atom stereocenters. The van der Waals surface area contributed by atoms with Gasteiger partial charge in [0.15, 0.2) is 0 Å². The first-order chi connectivity index (χ1) is 11.5. The van der Waals surface area contributed by atoms with Crippen LogP contribution in [0, 0.1) is 0 Å². The van der Waals surface area contributed by atoms with Gasteiger partial charge in [0.25, 0.3) is 0 Å². The van der Waals surface area contributed by atoms with Gasteiger partial charge in [-0.3, -0.25) is 14.5 Å². The van der Waals surface area contributed by atoms with E-state index in [0.717, 1.165) is 0 Å².